The maximum absolute atomic E-state index is 13.9. The highest BCUT2D eigenvalue weighted by molar-refractivity contribution is 6.30. The van der Waals surface area contributed by atoms with Crippen LogP contribution in [0.25, 0.3) is 0 Å². The molecule has 2 N–H and O–H groups in total. The lowest BCUT2D eigenvalue weighted by atomic mass is 9.93. The molecule has 0 bridgehead atoms. The Morgan fingerprint density at radius 3 is 2.93 bits per heavy atom. The smallest absolute Gasteiger partial charge is 0.253 e. The van der Waals surface area contributed by atoms with Gasteiger partial charge in [-0.15, -0.1) is 6.42 Å². The molecule has 1 amide bonds. The number of hydrogen-bond acceptors (Lipinski definition) is 4. The summed E-state index contributed by atoms with van der Waals surface area (Å²) in [5.41, 5.74) is 1.37. The Labute approximate surface area is 169 Å². The second-order valence-corrected chi connectivity index (χ2v) is 7.25. The molecule has 1 aliphatic rings. The molecule has 0 saturated carbocycles. The average Bonchev–Trinajstić information content (AvgIpc) is 3.07. The van der Waals surface area contributed by atoms with Crippen LogP contribution in [0.4, 0.5) is 10.2 Å². The molecule has 28 heavy (non-hydrogen) atoms. The lowest BCUT2D eigenvalue weighted by molar-refractivity contribution is 0.0958. The number of likely N-dealkylation sites (tertiary alicyclic amines) is 1. The van der Waals surface area contributed by atoms with Crippen molar-refractivity contribution in [2.45, 2.75) is 12.5 Å². The third-order valence-corrected chi connectivity index (χ3v) is 5.29. The van der Waals surface area contributed by atoms with Gasteiger partial charge >= 0.3 is 0 Å². The third-order valence-electron chi connectivity index (χ3n) is 4.98. The zero-order valence-electron chi connectivity index (χ0n) is 15.6. The summed E-state index contributed by atoms with van der Waals surface area (Å²) < 4.78 is 13.9. The topological polar surface area (TPSA) is 57.3 Å². The predicted molar refractivity (Wildman–Crippen MR) is 109 cm³/mol. The van der Waals surface area contributed by atoms with Crippen LogP contribution in [0, 0.1) is 24.1 Å². The number of amides is 1. The number of pyridine rings is 1. The van der Waals surface area contributed by atoms with Crippen LogP contribution in [0.5, 0.6) is 0 Å². The van der Waals surface area contributed by atoms with Crippen molar-refractivity contribution < 1.29 is 9.18 Å². The van der Waals surface area contributed by atoms with E-state index in [9.17, 15) is 9.18 Å². The van der Waals surface area contributed by atoms with Crippen LogP contribution in [0.15, 0.2) is 36.5 Å². The van der Waals surface area contributed by atoms with E-state index in [1.54, 1.807) is 18.2 Å². The molecule has 3 rings (SSSR count). The zero-order valence-corrected chi connectivity index (χ0v) is 16.3. The van der Waals surface area contributed by atoms with E-state index in [1.807, 2.05) is 13.1 Å². The fourth-order valence-electron chi connectivity index (χ4n) is 3.56. The van der Waals surface area contributed by atoms with Crippen molar-refractivity contribution in [3.8, 4) is 12.3 Å². The summed E-state index contributed by atoms with van der Waals surface area (Å²) in [7, 11) is 2.04. The summed E-state index contributed by atoms with van der Waals surface area (Å²) in [6.07, 6.45) is 7.64. The number of nitrogens with zero attached hydrogens (tertiary/aromatic N) is 2. The van der Waals surface area contributed by atoms with Gasteiger partial charge in [0.1, 0.15) is 11.6 Å². The largest absolute Gasteiger partial charge is 0.370 e. The van der Waals surface area contributed by atoms with Gasteiger partial charge in [0.05, 0.1) is 17.1 Å². The molecule has 2 atom stereocenters. The number of anilines is 1. The molecule has 0 radical (unpaired) electrons. The van der Waals surface area contributed by atoms with Gasteiger partial charge in [-0.05, 0) is 55.8 Å². The van der Waals surface area contributed by atoms with Crippen molar-refractivity contribution in [1.82, 2.24) is 15.2 Å². The van der Waals surface area contributed by atoms with Crippen molar-refractivity contribution in [3.05, 3.63) is 58.5 Å². The van der Waals surface area contributed by atoms with Crippen LogP contribution < -0.4 is 10.6 Å². The van der Waals surface area contributed by atoms with E-state index in [0.29, 0.717) is 23.8 Å². The molecule has 146 valence electrons. The number of carbonyl (C=O) groups is 1. The SMILES string of the molecule is C#CCNC(=O)c1ccc(NCC2CCN(C)C2c2ccc(Cl)c(F)c2)nc1. The number of hydrogen-bond donors (Lipinski definition) is 2. The Morgan fingerprint density at radius 2 is 2.25 bits per heavy atom. The second-order valence-electron chi connectivity index (χ2n) is 6.85. The number of halogens is 2. The molecule has 2 aromatic rings. The molecular weight excluding hydrogens is 379 g/mol. The molecule has 1 aromatic heterocycles. The quantitative estimate of drug-likeness (QED) is 0.730. The lowest BCUT2D eigenvalue weighted by Gasteiger charge is -2.26. The van der Waals surface area contributed by atoms with Crippen molar-refractivity contribution in [1.29, 1.82) is 0 Å². The van der Waals surface area contributed by atoms with E-state index < -0.39 is 5.82 Å². The number of nitrogens with one attached hydrogen (secondary N) is 2. The standard InChI is InChI=1S/C21H22ClFN4O/c1-3-9-24-21(28)16-5-7-19(26-13-16)25-12-15-8-10-27(2)20(15)14-4-6-17(22)18(23)11-14/h1,4-7,11,13,15,20H,8-10,12H2,2H3,(H,24,28)(H,25,26). The van der Waals surface area contributed by atoms with Gasteiger partial charge in [0.15, 0.2) is 0 Å². The first-order valence-electron chi connectivity index (χ1n) is 9.06. The minimum Gasteiger partial charge on any atom is -0.370 e. The fourth-order valence-corrected chi connectivity index (χ4v) is 3.68. The highest BCUT2D eigenvalue weighted by Gasteiger charge is 2.33. The predicted octanol–water partition coefficient (Wildman–Crippen LogP) is 3.34. The van der Waals surface area contributed by atoms with Gasteiger partial charge in [0.25, 0.3) is 5.91 Å². The molecular formula is C21H22ClFN4O. The molecule has 5 nitrogen and oxygen atoms in total. The van der Waals surface area contributed by atoms with Gasteiger partial charge in [-0.25, -0.2) is 9.37 Å². The normalized spacial score (nSPS) is 19.2. The maximum Gasteiger partial charge on any atom is 0.253 e. The summed E-state index contributed by atoms with van der Waals surface area (Å²) in [6.45, 7) is 1.80. The monoisotopic (exact) mass is 400 g/mol. The maximum atomic E-state index is 13.9. The molecule has 1 aliphatic heterocycles. The summed E-state index contributed by atoms with van der Waals surface area (Å²) in [5, 5.41) is 6.06. The number of terminal acetylenes is 1. The van der Waals surface area contributed by atoms with Crippen LogP contribution in [0.1, 0.15) is 28.4 Å². The number of rotatable bonds is 6. The Kier molecular flexibility index (Phi) is 6.50. The zero-order chi connectivity index (χ0) is 20.1. The second kappa shape index (κ2) is 9.05. The van der Waals surface area contributed by atoms with E-state index in [0.717, 1.165) is 18.5 Å². The van der Waals surface area contributed by atoms with Gasteiger partial charge in [-0.2, -0.15) is 0 Å². The van der Waals surface area contributed by atoms with E-state index in [-0.39, 0.29) is 23.5 Å². The summed E-state index contributed by atoms with van der Waals surface area (Å²) in [5.74, 6) is 2.69. The number of aromatic nitrogens is 1. The highest BCUT2D eigenvalue weighted by atomic mass is 35.5. The van der Waals surface area contributed by atoms with Crippen LogP contribution >= 0.6 is 11.6 Å². The van der Waals surface area contributed by atoms with Gasteiger partial charge in [0.2, 0.25) is 0 Å². The average molecular weight is 401 g/mol. The van der Waals surface area contributed by atoms with E-state index >= 15 is 0 Å². The van der Waals surface area contributed by atoms with Crippen LogP contribution in [-0.4, -0.2) is 42.5 Å². The number of benzene rings is 1. The fraction of sp³-hybridized carbons (Fsp3) is 0.333. The van der Waals surface area contributed by atoms with Crippen molar-refractivity contribution in [3.63, 3.8) is 0 Å². The lowest BCUT2D eigenvalue weighted by Crippen LogP contribution is -2.25. The van der Waals surface area contributed by atoms with Crippen LogP contribution in [-0.2, 0) is 0 Å². The van der Waals surface area contributed by atoms with Crippen molar-refractivity contribution >= 4 is 23.3 Å². The van der Waals surface area contributed by atoms with E-state index in [4.69, 9.17) is 18.0 Å². The van der Waals surface area contributed by atoms with Crippen molar-refractivity contribution in [2.75, 3.05) is 32.0 Å². The summed E-state index contributed by atoms with van der Waals surface area (Å²) in [6, 6.07) is 8.58. The minimum absolute atomic E-state index is 0.105. The van der Waals surface area contributed by atoms with Gasteiger partial charge in [-0.3, -0.25) is 9.69 Å². The van der Waals surface area contributed by atoms with Gasteiger partial charge < -0.3 is 10.6 Å². The molecule has 2 unspecified atom stereocenters. The Morgan fingerprint density at radius 1 is 1.43 bits per heavy atom. The summed E-state index contributed by atoms with van der Waals surface area (Å²) >= 11 is 5.82. The molecule has 7 heteroatoms. The first kappa shape index (κ1) is 20.1. The Hall–Kier alpha value is -2.62. The Balaban J connectivity index is 1.63. The van der Waals surface area contributed by atoms with Crippen LogP contribution in [0.2, 0.25) is 5.02 Å². The summed E-state index contributed by atoms with van der Waals surface area (Å²) in [4.78, 5) is 18.4. The third kappa shape index (κ3) is 4.61. The highest BCUT2D eigenvalue weighted by Crippen LogP contribution is 2.37. The first-order valence-corrected chi connectivity index (χ1v) is 9.44. The van der Waals surface area contributed by atoms with Gasteiger partial charge in [-0.1, -0.05) is 23.6 Å². The van der Waals surface area contributed by atoms with Gasteiger partial charge in [0, 0.05) is 18.8 Å². The minimum atomic E-state index is -0.397. The van der Waals surface area contributed by atoms with E-state index in [1.165, 1.54) is 12.3 Å². The molecule has 0 spiro atoms. The van der Waals surface area contributed by atoms with Crippen LogP contribution in [0.3, 0.4) is 0 Å². The molecule has 2 heterocycles. The number of carbonyl (C=O) groups excluding carboxylic acids is 1. The molecule has 1 saturated heterocycles. The van der Waals surface area contributed by atoms with E-state index in [2.05, 4.69) is 26.4 Å². The Bertz CT molecular complexity index is 881. The molecule has 1 fully saturated rings. The first-order chi connectivity index (χ1) is 13.5. The molecule has 0 aliphatic carbocycles. The molecule has 1 aromatic carbocycles. The van der Waals surface area contributed by atoms with Crippen molar-refractivity contribution in [2.24, 2.45) is 5.92 Å².